The van der Waals surface area contributed by atoms with Gasteiger partial charge in [-0.3, -0.25) is 0 Å². The molecule has 0 N–H and O–H groups in total. The normalized spacial score (nSPS) is 15.2. The highest BCUT2D eigenvalue weighted by molar-refractivity contribution is 7.48. The molecule has 11 heteroatoms. The fourth-order valence-corrected chi connectivity index (χ4v) is 22.5. The molecule has 0 atom stereocenters. The lowest BCUT2D eigenvalue weighted by Gasteiger charge is -2.32. The van der Waals surface area contributed by atoms with Crippen LogP contribution < -0.4 is 0 Å². The van der Waals surface area contributed by atoms with Gasteiger partial charge in [-0.2, -0.15) is 0 Å². The number of rotatable bonds is 6. The summed E-state index contributed by atoms with van der Waals surface area (Å²) in [6, 6.07) is 0. The first kappa shape index (κ1) is 18.9. The third-order valence-electron chi connectivity index (χ3n) is 1.09. The summed E-state index contributed by atoms with van der Waals surface area (Å²) < 4.78 is 16.5. The second-order valence-corrected chi connectivity index (χ2v) is 25.3. The van der Waals surface area contributed by atoms with E-state index >= 15 is 0 Å². The lowest BCUT2D eigenvalue weighted by Crippen LogP contribution is -2.51. The minimum absolute atomic E-state index is 1.92. The summed E-state index contributed by atoms with van der Waals surface area (Å²) in [5, 5.41) is 0. The molecule has 0 aromatic carbocycles. The molecule has 0 spiro atoms. The molecule has 0 saturated carbocycles. The SMILES string of the molecule is C[Si](C)(C)O[Si](Cl)(Cl)O[Si](Cl)(Cl)O[Si](C)(C)C. The van der Waals surface area contributed by atoms with Gasteiger partial charge in [-0.25, -0.2) is 0 Å². The Hall–Kier alpha value is 1.91. The largest absolute Gasteiger partial charge is 0.533 e. The molecule has 0 aromatic rings. The van der Waals surface area contributed by atoms with Crippen LogP contribution in [-0.4, -0.2) is 31.0 Å². The van der Waals surface area contributed by atoms with Crippen LogP contribution in [0.5, 0.6) is 0 Å². The van der Waals surface area contributed by atoms with E-state index in [4.69, 9.17) is 56.7 Å². The van der Waals surface area contributed by atoms with E-state index in [1.807, 2.05) is 39.3 Å². The molecule has 0 heterocycles. The Bertz CT molecular complexity index is 237. The standard InChI is InChI=1S/C6H18Cl4O3Si4/c1-14(2,3)11-16(7,8)13-17(9,10)12-15(4,5)6/h1-6H3. The van der Waals surface area contributed by atoms with Gasteiger partial charge in [0.1, 0.15) is 0 Å². The molecule has 0 rings (SSSR count). The monoisotopic (exact) mass is 390 g/mol. The zero-order valence-corrected chi connectivity index (χ0v) is 17.8. The minimum atomic E-state index is -3.37. The minimum Gasteiger partial charge on any atom is -0.414 e. The number of halogens is 4. The molecule has 0 aliphatic heterocycles. The second-order valence-electron chi connectivity index (χ2n) is 5.46. The first-order valence-electron chi connectivity index (χ1n) is 4.98. The summed E-state index contributed by atoms with van der Waals surface area (Å²) in [5.41, 5.74) is 0. The Morgan fingerprint density at radius 3 is 0.941 bits per heavy atom. The van der Waals surface area contributed by atoms with Gasteiger partial charge in [-0.05, 0) is 39.3 Å². The summed E-state index contributed by atoms with van der Waals surface area (Å²) >= 11 is 24.1. The maximum atomic E-state index is 6.03. The van der Waals surface area contributed by atoms with Crippen LogP contribution >= 0.6 is 44.3 Å². The van der Waals surface area contributed by atoms with E-state index in [9.17, 15) is 0 Å². The third-order valence-corrected chi connectivity index (χ3v) is 15.3. The van der Waals surface area contributed by atoms with Crippen molar-refractivity contribution in [1.82, 2.24) is 0 Å². The Balaban J connectivity index is 4.59. The van der Waals surface area contributed by atoms with Crippen LogP contribution in [0, 0.1) is 0 Å². The van der Waals surface area contributed by atoms with E-state index in [2.05, 4.69) is 0 Å². The topological polar surface area (TPSA) is 27.7 Å². The smallest absolute Gasteiger partial charge is 0.414 e. The van der Waals surface area contributed by atoms with Gasteiger partial charge in [0.2, 0.25) is 0 Å². The van der Waals surface area contributed by atoms with E-state index in [-0.39, 0.29) is 0 Å². The van der Waals surface area contributed by atoms with Crippen molar-refractivity contribution in [2.75, 3.05) is 0 Å². The van der Waals surface area contributed by atoms with Crippen molar-refractivity contribution in [1.29, 1.82) is 0 Å². The Morgan fingerprint density at radius 1 is 0.529 bits per heavy atom. The maximum Gasteiger partial charge on any atom is 0.533 e. The molecule has 104 valence electrons. The van der Waals surface area contributed by atoms with Gasteiger partial charge in [-0.15, -0.1) is 0 Å². The Morgan fingerprint density at radius 2 is 0.765 bits per heavy atom. The first-order valence-corrected chi connectivity index (χ1v) is 19.5. The van der Waals surface area contributed by atoms with Crippen molar-refractivity contribution >= 4 is 75.3 Å². The Kier molecular flexibility index (Phi) is 6.81. The third kappa shape index (κ3) is 11.4. The van der Waals surface area contributed by atoms with Crippen molar-refractivity contribution < 1.29 is 12.3 Å². The molecule has 3 nitrogen and oxygen atoms in total. The molecule has 17 heavy (non-hydrogen) atoms. The van der Waals surface area contributed by atoms with E-state index in [1.54, 1.807) is 0 Å². The molecule has 0 unspecified atom stereocenters. The van der Waals surface area contributed by atoms with Gasteiger partial charge < -0.3 is 12.3 Å². The summed E-state index contributed by atoms with van der Waals surface area (Å²) in [5.74, 6) is 0. The van der Waals surface area contributed by atoms with Gasteiger partial charge in [0.05, 0.1) is 0 Å². The molecule has 0 aliphatic rings. The van der Waals surface area contributed by atoms with Crippen molar-refractivity contribution in [2.24, 2.45) is 0 Å². The van der Waals surface area contributed by atoms with Gasteiger partial charge >= 0.3 is 14.4 Å². The molecule has 0 bridgehead atoms. The summed E-state index contributed by atoms with van der Waals surface area (Å²) in [4.78, 5) is 0. The van der Waals surface area contributed by atoms with E-state index in [0.29, 0.717) is 0 Å². The predicted octanol–water partition coefficient (Wildman–Crippen LogP) is 4.53. The van der Waals surface area contributed by atoms with Gasteiger partial charge in [0.25, 0.3) is 0 Å². The average Bonchev–Trinajstić information content (AvgIpc) is 1.65. The highest BCUT2D eigenvalue weighted by Gasteiger charge is 2.51. The van der Waals surface area contributed by atoms with Gasteiger partial charge in [0.15, 0.2) is 16.6 Å². The molecular formula is C6H18Cl4O3Si4. The summed E-state index contributed by atoms with van der Waals surface area (Å²) in [6.07, 6.45) is 0. The molecule has 0 fully saturated rings. The van der Waals surface area contributed by atoms with Crippen LogP contribution in [0.4, 0.5) is 0 Å². The molecule has 0 aromatic heterocycles. The van der Waals surface area contributed by atoms with Crippen LogP contribution in [0.3, 0.4) is 0 Å². The highest BCUT2D eigenvalue weighted by atomic mass is 35.7. The van der Waals surface area contributed by atoms with Crippen LogP contribution in [-0.2, 0) is 12.3 Å². The highest BCUT2D eigenvalue weighted by Crippen LogP contribution is 2.33. The lowest BCUT2D eigenvalue weighted by atomic mass is 11.8. The van der Waals surface area contributed by atoms with E-state index in [1.165, 1.54) is 0 Å². The van der Waals surface area contributed by atoms with Crippen LogP contribution in [0.15, 0.2) is 0 Å². The fourth-order valence-electron chi connectivity index (χ4n) is 0.893. The lowest BCUT2D eigenvalue weighted by molar-refractivity contribution is 0.382. The van der Waals surface area contributed by atoms with E-state index < -0.39 is 31.0 Å². The fraction of sp³-hybridized carbons (Fsp3) is 1.00. The first-order chi connectivity index (χ1) is 7.12. The van der Waals surface area contributed by atoms with E-state index in [0.717, 1.165) is 0 Å². The maximum absolute atomic E-state index is 6.03. The predicted molar refractivity (Wildman–Crippen MR) is 84.9 cm³/mol. The zero-order chi connectivity index (χ0) is 14.1. The summed E-state index contributed by atoms with van der Waals surface area (Å²) in [6.45, 7) is 11.7. The zero-order valence-electron chi connectivity index (χ0n) is 10.7. The molecular weight excluding hydrogens is 374 g/mol. The second kappa shape index (κ2) is 6.13. The summed E-state index contributed by atoms with van der Waals surface area (Å²) in [7, 11) is -10.6. The number of hydrogen-bond donors (Lipinski definition) is 0. The van der Waals surface area contributed by atoms with Gasteiger partial charge in [-0.1, -0.05) is 44.3 Å². The van der Waals surface area contributed by atoms with Crippen LogP contribution in [0.2, 0.25) is 39.3 Å². The number of hydrogen-bond acceptors (Lipinski definition) is 3. The van der Waals surface area contributed by atoms with Gasteiger partial charge in [0, 0.05) is 0 Å². The van der Waals surface area contributed by atoms with Crippen molar-refractivity contribution in [3.05, 3.63) is 0 Å². The van der Waals surface area contributed by atoms with Crippen LogP contribution in [0.1, 0.15) is 0 Å². The average molecular weight is 392 g/mol. The Labute approximate surface area is 126 Å². The van der Waals surface area contributed by atoms with Crippen molar-refractivity contribution in [3.63, 3.8) is 0 Å². The van der Waals surface area contributed by atoms with Crippen LogP contribution in [0.25, 0.3) is 0 Å². The molecule has 0 aliphatic carbocycles. The molecule has 0 radical (unpaired) electrons. The molecule has 0 amide bonds. The van der Waals surface area contributed by atoms with Crippen molar-refractivity contribution in [3.8, 4) is 0 Å². The molecule has 0 saturated heterocycles. The van der Waals surface area contributed by atoms with Crippen molar-refractivity contribution in [2.45, 2.75) is 39.3 Å². The quantitative estimate of drug-likeness (QED) is 0.491.